The van der Waals surface area contributed by atoms with Crippen LogP contribution in [-0.2, 0) is 0 Å². The maximum Gasteiger partial charge on any atom is 0.0297 e. The van der Waals surface area contributed by atoms with Gasteiger partial charge in [0.05, 0.1) is 0 Å². The molecule has 96 valence electrons. The molecule has 1 rings (SSSR count). The van der Waals surface area contributed by atoms with Crippen LogP contribution >= 0.6 is 0 Å². The van der Waals surface area contributed by atoms with Gasteiger partial charge in [-0.3, -0.25) is 0 Å². The topological polar surface area (TPSA) is 12.0 Å². The van der Waals surface area contributed by atoms with E-state index in [2.05, 4.69) is 59.0 Å². The lowest BCUT2D eigenvalue weighted by Gasteiger charge is -2.21. The van der Waals surface area contributed by atoms with Crippen LogP contribution in [0.3, 0.4) is 0 Å². The van der Waals surface area contributed by atoms with Gasteiger partial charge in [0.2, 0.25) is 0 Å². The second kappa shape index (κ2) is 6.20. The maximum atomic E-state index is 3.65. The van der Waals surface area contributed by atoms with Crippen LogP contribution in [0.5, 0.6) is 0 Å². The smallest absolute Gasteiger partial charge is 0.0297 e. The van der Waals surface area contributed by atoms with Crippen molar-refractivity contribution in [1.82, 2.24) is 5.32 Å². The van der Waals surface area contributed by atoms with Gasteiger partial charge in [0, 0.05) is 6.04 Å². The molecule has 0 fully saturated rings. The summed E-state index contributed by atoms with van der Waals surface area (Å²) in [4.78, 5) is 0. The number of aryl methyl sites for hydroxylation is 3. The van der Waals surface area contributed by atoms with Crippen molar-refractivity contribution in [3.8, 4) is 0 Å². The molecule has 0 aromatic heterocycles. The van der Waals surface area contributed by atoms with Crippen molar-refractivity contribution in [1.29, 1.82) is 0 Å². The molecule has 2 unspecified atom stereocenters. The van der Waals surface area contributed by atoms with Crippen molar-refractivity contribution < 1.29 is 0 Å². The Morgan fingerprint density at radius 1 is 1.06 bits per heavy atom. The maximum absolute atomic E-state index is 3.65. The average Bonchev–Trinajstić information content (AvgIpc) is 2.24. The number of nitrogens with one attached hydrogen (secondary N) is 1. The molecule has 0 aliphatic rings. The third-order valence-electron chi connectivity index (χ3n) is 3.64. The van der Waals surface area contributed by atoms with Crippen LogP contribution in [-0.4, -0.2) is 6.54 Å². The zero-order valence-corrected chi connectivity index (χ0v) is 12.2. The Hall–Kier alpha value is -0.820. The molecule has 0 saturated heterocycles. The molecule has 0 spiro atoms. The second-order valence-corrected chi connectivity index (χ2v) is 5.46. The fraction of sp³-hybridized carbons (Fsp3) is 0.625. The molecule has 0 heterocycles. The SMILES string of the molecule is CCC(C)CNC(C)c1c(C)cc(C)cc1C. The molecule has 0 saturated carbocycles. The summed E-state index contributed by atoms with van der Waals surface area (Å²) < 4.78 is 0. The summed E-state index contributed by atoms with van der Waals surface area (Å²) in [5.41, 5.74) is 5.65. The molecule has 17 heavy (non-hydrogen) atoms. The first kappa shape index (κ1) is 14.2. The predicted octanol–water partition coefficient (Wildman–Crippen LogP) is 4.31. The van der Waals surface area contributed by atoms with Crippen molar-refractivity contribution in [2.75, 3.05) is 6.54 Å². The lowest BCUT2D eigenvalue weighted by molar-refractivity contribution is 0.459. The van der Waals surface area contributed by atoms with Gasteiger partial charge in [-0.15, -0.1) is 0 Å². The lowest BCUT2D eigenvalue weighted by Crippen LogP contribution is -2.25. The Labute approximate surface area is 107 Å². The molecular formula is C16H27N. The van der Waals surface area contributed by atoms with Crippen LogP contribution in [0.2, 0.25) is 0 Å². The highest BCUT2D eigenvalue weighted by atomic mass is 14.9. The van der Waals surface area contributed by atoms with E-state index < -0.39 is 0 Å². The summed E-state index contributed by atoms with van der Waals surface area (Å²) in [5.74, 6) is 0.753. The van der Waals surface area contributed by atoms with Crippen LogP contribution < -0.4 is 5.32 Å². The van der Waals surface area contributed by atoms with Crippen LogP contribution in [0.15, 0.2) is 12.1 Å². The molecule has 1 aromatic carbocycles. The molecular weight excluding hydrogens is 206 g/mol. The third kappa shape index (κ3) is 3.85. The van der Waals surface area contributed by atoms with E-state index in [-0.39, 0.29) is 0 Å². The Kier molecular flexibility index (Phi) is 5.20. The zero-order valence-electron chi connectivity index (χ0n) is 12.2. The molecule has 1 nitrogen and oxygen atoms in total. The summed E-state index contributed by atoms with van der Waals surface area (Å²) in [6, 6.07) is 5.01. The third-order valence-corrected chi connectivity index (χ3v) is 3.64. The van der Waals surface area contributed by atoms with Gasteiger partial charge < -0.3 is 5.32 Å². The number of rotatable bonds is 5. The minimum atomic E-state index is 0.449. The predicted molar refractivity (Wildman–Crippen MR) is 76.5 cm³/mol. The Bertz CT molecular complexity index is 345. The average molecular weight is 233 g/mol. The number of hydrogen-bond acceptors (Lipinski definition) is 1. The highest BCUT2D eigenvalue weighted by molar-refractivity contribution is 5.39. The summed E-state index contributed by atoms with van der Waals surface area (Å²) in [6.07, 6.45) is 1.24. The standard InChI is InChI=1S/C16H27N/c1-7-11(2)10-17-15(6)16-13(4)8-12(3)9-14(16)5/h8-9,11,15,17H,7,10H2,1-6H3. The normalized spacial score (nSPS) is 14.7. The Balaban J connectivity index is 2.78. The Morgan fingerprint density at radius 2 is 1.59 bits per heavy atom. The van der Waals surface area contributed by atoms with E-state index >= 15 is 0 Å². The summed E-state index contributed by atoms with van der Waals surface area (Å²) in [6.45, 7) is 14.5. The minimum absolute atomic E-state index is 0.449. The van der Waals surface area contributed by atoms with E-state index in [0.717, 1.165) is 12.5 Å². The van der Waals surface area contributed by atoms with Crippen molar-refractivity contribution in [2.24, 2.45) is 5.92 Å². The van der Waals surface area contributed by atoms with Gasteiger partial charge in [-0.25, -0.2) is 0 Å². The lowest BCUT2D eigenvalue weighted by atomic mass is 9.94. The summed E-state index contributed by atoms with van der Waals surface area (Å²) in [5, 5.41) is 3.65. The fourth-order valence-electron chi connectivity index (χ4n) is 2.50. The van der Waals surface area contributed by atoms with Gasteiger partial charge in [0.25, 0.3) is 0 Å². The van der Waals surface area contributed by atoms with Crippen molar-refractivity contribution in [3.63, 3.8) is 0 Å². The summed E-state index contributed by atoms with van der Waals surface area (Å²) >= 11 is 0. The van der Waals surface area contributed by atoms with E-state index in [0.29, 0.717) is 6.04 Å². The monoisotopic (exact) mass is 233 g/mol. The Morgan fingerprint density at radius 3 is 2.06 bits per heavy atom. The molecule has 0 amide bonds. The molecule has 1 heteroatoms. The number of benzene rings is 1. The van der Waals surface area contributed by atoms with E-state index in [4.69, 9.17) is 0 Å². The van der Waals surface area contributed by atoms with E-state index in [1.807, 2.05) is 0 Å². The van der Waals surface area contributed by atoms with Gasteiger partial charge in [0.15, 0.2) is 0 Å². The van der Waals surface area contributed by atoms with Gasteiger partial charge in [0.1, 0.15) is 0 Å². The quantitative estimate of drug-likeness (QED) is 0.799. The molecule has 0 aliphatic carbocycles. The highest BCUT2D eigenvalue weighted by Gasteiger charge is 2.12. The number of hydrogen-bond donors (Lipinski definition) is 1. The molecule has 0 radical (unpaired) electrons. The fourth-order valence-corrected chi connectivity index (χ4v) is 2.50. The van der Waals surface area contributed by atoms with E-state index in [9.17, 15) is 0 Å². The van der Waals surface area contributed by atoms with Crippen LogP contribution in [0.4, 0.5) is 0 Å². The van der Waals surface area contributed by atoms with Crippen molar-refractivity contribution in [2.45, 2.75) is 54.0 Å². The molecule has 2 atom stereocenters. The zero-order chi connectivity index (χ0) is 13.0. The van der Waals surface area contributed by atoms with Crippen LogP contribution in [0, 0.1) is 26.7 Å². The van der Waals surface area contributed by atoms with Gasteiger partial charge in [-0.2, -0.15) is 0 Å². The first-order valence-electron chi connectivity index (χ1n) is 6.76. The largest absolute Gasteiger partial charge is 0.310 e. The van der Waals surface area contributed by atoms with Crippen LogP contribution in [0.25, 0.3) is 0 Å². The van der Waals surface area contributed by atoms with E-state index in [1.165, 1.54) is 28.7 Å². The molecule has 0 aliphatic heterocycles. The van der Waals surface area contributed by atoms with Gasteiger partial charge in [-0.05, 0) is 56.8 Å². The second-order valence-electron chi connectivity index (χ2n) is 5.46. The molecule has 1 N–H and O–H groups in total. The minimum Gasteiger partial charge on any atom is -0.310 e. The van der Waals surface area contributed by atoms with Crippen LogP contribution in [0.1, 0.15) is 55.5 Å². The highest BCUT2D eigenvalue weighted by Crippen LogP contribution is 2.23. The van der Waals surface area contributed by atoms with Gasteiger partial charge in [-0.1, -0.05) is 38.0 Å². The first-order chi connectivity index (χ1) is 7.95. The van der Waals surface area contributed by atoms with Crippen molar-refractivity contribution >= 4 is 0 Å². The van der Waals surface area contributed by atoms with Gasteiger partial charge >= 0.3 is 0 Å². The summed E-state index contributed by atoms with van der Waals surface area (Å²) in [7, 11) is 0. The van der Waals surface area contributed by atoms with E-state index in [1.54, 1.807) is 0 Å². The first-order valence-corrected chi connectivity index (χ1v) is 6.76. The molecule has 1 aromatic rings. The molecule has 0 bridgehead atoms. The van der Waals surface area contributed by atoms with Crippen molar-refractivity contribution in [3.05, 3.63) is 34.4 Å².